The molecule has 1 atom stereocenters. The van der Waals surface area contributed by atoms with Gasteiger partial charge in [0.1, 0.15) is 23.3 Å². The third-order valence-corrected chi connectivity index (χ3v) is 9.08. The summed E-state index contributed by atoms with van der Waals surface area (Å²) in [6, 6.07) is 11.8. The van der Waals surface area contributed by atoms with Gasteiger partial charge in [0.15, 0.2) is 11.5 Å². The number of hydrogen-bond donors (Lipinski definition) is 3. The molecule has 0 fully saturated rings. The predicted molar refractivity (Wildman–Crippen MR) is 186 cm³/mol. The predicted octanol–water partition coefficient (Wildman–Crippen LogP) is 5.23. The Labute approximate surface area is 292 Å². The van der Waals surface area contributed by atoms with Crippen LogP contribution in [0.2, 0.25) is 5.02 Å². The quantitative estimate of drug-likeness (QED) is 0.183. The monoisotopic (exact) mass is 734 g/mol. The van der Waals surface area contributed by atoms with Crippen molar-refractivity contribution in [1.82, 2.24) is 34.6 Å². The second kappa shape index (κ2) is 12.9. The molecule has 51 heavy (non-hydrogen) atoms. The van der Waals surface area contributed by atoms with Crippen molar-refractivity contribution >= 4 is 66.2 Å². The van der Waals surface area contributed by atoms with Crippen LogP contribution in [0.1, 0.15) is 23.0 Å². The first-order chi connectivity index (χ1) is 24.3. The SMILES string of the molecule is Cn1nc(NS(C)(=O)=O)c2c(Cl)ccc(-n3c([C@H](Cc4cc(F)cc(F)c4)NC(=O)Cc4c[nH]c5ccc(F)cc45)nc4ncccc4c3=O)c21. The van der Waals surface area contributed by atoms with E-state index in [0.717, 1.165) is 18.4 Å². The van der Waals surface area contributed by atoms with Crippen molar-refractivity contribution in [2.45, 2.75) is 18.9 Å². The van der Waals surface area contributed by atoms with E-state index in [1.54, 1.807) is 18.3 Å². The summed E-state index contributed by atoms with van der Waals surface area (Å²) in [5.41, 5.74) is 1.00. The summed E-state index contributed by atoms with van der Waals surface area (Å²) in [6.07, 6.45) is 3.48. The number of H-pyrrole nitrogens is 1. The van der Waals surface area contributed by atoms with Gasteiger partial charge in [-0.15, -0.1) is 0 Å². The summed E-state index contributed by atoms with van der Waals surface area (Å²) in [5.74, 6) is -2.96. The number of nitrogens with one attached hydrogen (secondary N) is 3. The topological polar surface area (TPSA) is 157 Å². The summed E-state index contributed by atoms with van der Waals surface area (Å²) in [5, 5.41) is 8.05. The van der Waals surface area contributed by atoms with E-state index in [1.165, 1.54) is 52.8 Å². The molecule has 0 aliphatic carbocycles. The number of nitrogens with zero attached hydrogens (tertiary/aromatic N) is 5. The number of rotatable bonds is 9. The number of pyridine rings is 1. The molecule has 4 heterocycles. The lowest BCUT2D eigenvalue weighted by Gasteiger charge is -2.23. The van der Waals surface area contributed by atoms with Gasteiger partial charge in [0.2, 0.25) is 15.9 Å². The molecule has 0 unspecified atom stereocenters. The van der Waals surface area contributed by atoms with Crippen molar-refractivity contribution in [3.63, 3.8) is 0 Å². The zero-order valence-electron chi connectivity index (χ0n) is 26.7. The van der Waals surface area contributed by atoms with Crippen molar-refractivity contribution < 1.29 is 26.4 Å². The van der Waals surface area contributed by atoms with E-state index in [2.05, 4.69) is 25.1 Å². The standard InChI is InChI=1S/C34H26ClF3N8O4S/c1-45-30-27(8-6-24(35)29(30)32(43-45)44-51(2,49)50)46-33(42-31-22(34(46)48)4-3-9-39-31)26(12-17-10-20(37)14-21(38)11-17)41-28(47)13-18-16-40-25-7-5-19(36)15-23(18)25/h3-11,14-16,26,40H,12-13H2,1-2H3,(H,41,47)(H,43,44)/t26-/m0/s1. The van der Waals surface area contributed by atoms with Crippen LogP contribution in [-0.4, -0.2) is 49.9 Å². The van der Waals surface area contributed by atoms with Gasteiger partial charge in [-0.1, -0.05) is 11.6 Å². The molecule has 0 spiro atoms. The maximum absolute atomic E-state index is 14.5. The number of carbonyl (C=O) groups is 1. The van der Waals surface area contributed by atoms with Crippen LogP contribution in [0.4, 0.5) is 19.0 Å². The molecular formula is C34H26ClF3N8O4S. The number of fused-ring (bicyclic) bond motifs is 3. The van der Waals surface area contributed by atoms with Crippen molar-refractivity contribution in [3.05, 3.63) is 123 Å². The van der Waals surface area contributed by atoms with Gasteiger partial charge in [-0.3, -0.25) is 23.6 Å². The Morgan fingerprint density at radius 2 is 1.78 bits per heavy atom. The molecule has 7 aromatic rings. The lowest BCUT2D eigenvalue weighted by molar-refractivity contribution is -0.121. The summed E-state index contributed by atoms with van der Waals surface area (Å²) >= 11 is 6.57. The number of aromatic amines is 1. The minimum Gasteiger partial charge on any atom is -0.361 e. The molecule has 0 bridgehead atoms. The molecule has 7 rings (SSSR count). The Kier molecular flexibility index (Phi) is 8.51. The number of benzene rings is 3. The molecule has 1 amide bonds. The van der Waals surface area contributed by atoms with Crippen LogP contribution in [0.15, 0.2) is 77.9 Å². The Bertz CT molecular complexity index is 2690. The van der Waals surface area contributed by atoms with Crippen LogP contribution >= 0.6 is 11.6 Å². The van der Waals surface area contributed by atoms with Gasteiger partial charge >= 0.3 is 0 Å². The van der Waals surface area contributed by atoms with E-state index >= 15 is 0 Å². The second-order valence-electron chi connectivity index (χ2n) is 11.9. The highest BCUT2D eigenvalue weighted by Crippen LogP contribution is 2.35. The average molecular weight is 735 g/mol. The number of aryl methyl sites for hydroxylation is 1. The first-order valence-electron chi connectivity index (χ1n) is 15.3. The van der Waals surface area contributed by atoms with E-state index in [9.17, 15) is 31.2 Å². The highest BCUT2D eigenvalue weighted by Gasteiger charge is 2.28. The summed E-state index contributed by atoms with van der Waals surface area (Å²) in [4.78, 5) is 40.2. The van der Waals surface area contributed by atoms with Crippen LogP contribution in [0.25, 0.3) is 38.5 Å². The van der Waals surface area contributed by atoms with Crippen LogP contribution in [0.5, 0.6) is 0 Å². The highest BCUT2D eigenvalue weighted by atomic mass is 35.5. The fraction of sp³-hybridized carbons (Fsp3) is 0.147. The molecule has 3 N–H and O–H groups in total. The molecular weight excluding hydrogens is 709 g/mol. The minimum absolute atomic E-state index is 0.0279. The Morgan fingerprint density at radius 3 is 2.53 bits per heavy atom. The fourth-order valence-electron chi connectivity index (χ4n) is 6.18. The first-order valence-corrected chi connectivity index (χ1v) is 17.5. The molecule has 17 heteroatoms. The van der Waals surface area contributed by atoms with Gasteiger partial charge in [0.25, 0.3) is 5.56 Å². The number of sulfonamides is 1. The molecule has 0 saturated heterocycles. The van der Waals surface area contributed by atoms with Crippen molar-refractivity contribution in [3.8, 4) is 5.69 Å². The van der Waals surface area contributed by atoms with Gasteiger partial charge in [-0.25, -0.2) is 31.6 Å². The van der Waals surface area contributed by atoms with Gasteiger partial charge in [-0.05, 0) is 65.7 Å². The lowest BCUT2D eigenvalue weighted by Crippen LogP contribution is -2.36. The number of hydrogen-bond acceptors (Lipinski definition) is 7. The molecule has 0 saturated carbocycles. The average Bonchev–Trinajstić information content (AvgIpc) is 3.59. The smallest absolute Gasteiger partial charge is 0.267 e. The molecule has 12 nitrogen and oxygen atoms in total. The zero-order valence-corrected chi connectivity index (χ0v) is 28.3. The maximum atomic E-state index is 14.5. The minimum atomic E-state index is -3.81. The second-order valence-corrected chi connectivity index (χ2v) is 14.1. The molecule has 0 aliphatic rings. The first kappa shape index (κ1) is 33.7. The Hall–Kier alpha value is -5.74. The van der Waals surface area contributed by atoms with Crippen LogP contribution in [0.3, 0.4) is 0 Å². The third kappa shape index (κ3) is 6.62. The molecule has 4 aromatic heterocycles. The molecule has 0 aliphatic heterocycles. The maximum Gasteiger partial charge on any atom is 0.267 e. The van der Waals surface area contributed by atoms with Gasteiger partial charge in [0.05, 0.1) is 45.7 Å². The third-order valence-electron chi connectivity index (χ3n) is 8.20. The van der Waals surface area contributed by atoms with E-state index in [4.69, 9.17) is 16.6 Å². The number of aromatic nitrogens is 6. The van der Waals surface area contributed by atoms with E-state index in [0.29, 0.717) is 22.5 Å². The highest BCUT2D eigenvalue weighted by molar-refractivity contribution is 7.92. The van der Waals surface area contributed by atoms with Crippen LogP contribution in [0, 0.1) is 17.5 Å². The van der Waals surface area contributed by atoms with Crippen LogP contribution < -0.4 is 15.6 Å². The number of anilines is 1. The number of halogens is 4. The van der Waals surface area contributed by atoms with Gasteiger partial charge < -0.3 is 10.3 Å². The van der Waals surface area contributed by atoms with Gasteiger partial charge in [-0.2, -0.15) is 5.10 Å². The molecule has 260 valence electrons. The van der Waals surface area contributed by atoms with E-state index in [1.807, 2.05) is 0 Å². The van der Waals surface area contributed by atoms with Crippen molar-refractivity contribution in [2.24, 2.45) is 7.05 Å². The van der Waals surface area contributed by atoms with E-state index < -0.39 is 45.0 Å². The Balaban J connectivity index is 1.44. The van der Waals surface area contributed by atoms with Crippen LogP contribution in [-0.2, 0) is 34.7 Å². The molecule has 0 radical (unpaired) electrons. The fourth-order valence-corrected chi connectivity index (χ4v) is 6.91. The summed E-state index contributed by atoms with van der Waals surface area (Å²) < 4.78 is 72.3. The molecule has 3 aromatic carbocycles. The number of amides is 1. The van der Waals surface area contributed by atoms with E-state index in [-0.39, 0.29) is 62.7 Å². The van der Waals surface area contributed by atoms with Crippen molar-refractivity contribution in [1.29, 1.82) is 0 Å². The van der Waals surface area contributed by atoms with Gasteiger partial charge in [0, 0.05) is 42.8 Å². The zero-order chi connectivity index (χ0) is 36.2. The summed E-state index contributed by atoms with van der Waals surface area (Å²) in [6.45, 7) is 0. The normalized spacial score (nSPS) is 12.5. The Morgan fingerprint density at radius 1 is 1.02 bits per heavy atom. The lowest BCUT2D eigenvalue weighted by atomic mass is 10.0. The van der Waals surface area contributed by atoms with Crippen molar-refractivity contribution in [2.75, 3.05) is 11.0 Å². The largest absolute Gasteiger partial charge is 0.361 e. The summed E-state index contributed by atoms with van der Waals surface area (Å²) in [7, 11) is -2.28. The number of carbonyl (C=O) groups excluding carboxylic acids is 1.